The topological polar surface area (TPSA) is 74.0 Å². The molecule has 4 heteroatoms. The number of aromatic nitrogens is 1. The Morgan fingerprint density at radius 3 is 2.80 bits per heavy atom. The Morgan fingerprint density at radius 2 is 2.27 bits per heavy atom. The van der Waals surface area contributed by atoms with Gasteiger partial charge >= 0.3 is 0 Å². The van der Waals surface area contributed by atoms with E-state index in [-0.39, 0.29) is 17.9 Å². The SMILES string of the molecule is CCC(N)c1ccn(CC(C)C(N)=O)c1. The zero-order valence-electron chi connectivity index (χ0n) is 9.31. The average Bonchev–Trinajstić information content (AvgIpc) is 2.65. The molecule has 0 aliphatic heterocycles. The Morgan fingerprint density at radius 1 is 1.60 bits per heavy atom. The van der Waals surface area contributed by atoms with Crippen LogP contribution in [0, 0.1) is 5.92 Å². The third-order valence-corrected chi connectivity index (χ3v) is 2.61. The largest absolute Gasteiger partial charge is 0.369 e. The summed E-state index contributed by atoms with van der Waals surface area (Å²) in [5.74, 6) is -0.423. The Hall–Kier alpha value is -1.29. The zero-order chi connectivity index (χ0) is 11.4. The van der Waals surface area contributed by atoms with E-state index >= 15 is 0 Å². The van der Waals surface area contributed by atoms with Crippen molar-refractivity contribution >= 4 is 5.91 Å². The minimum absolute atomic E-state index is 0.0788. The van der Waals surface area contributed by atoms with E-state index in [4.69, 9.17) is 11.5 Å². The Kier molecular flexibility index (Phi) is 3.91. The van der Waals surface area contributed by atoms with Crippen molar-refractivity contribution in [3.63, 3.8) is 0 Å². The molecule has 84 valence electrons. The molecule has 4 nitrogen and oxygen atoms in total. The van der Waals surface area contributed by atoms with Gasteiger partial charge in [-0.05, 0) is 18.1 Å². The van der Waals surface area contributed by atoms with Crippen molar-refractivity contribution in [1.29, 1.82) is 0 Å². The van der Waals surface area contributed by atoms with Crippen molar-refractivity contribution in [2.24, 2.45) is 17.4 Å². The fraction of sp³-hybridized carbons (Fsp3) is 0.545. The molecule has 0 aromatic carbocycles. The van der Waals surface area contributed by atoms with Crippen LogP contribution in [0.3, 0.4) is 0 Å². The van der Waals surface area contributed by atoms with Crippen molar-refractivity contribution in [2.75, 3.05) is 0 Å². The summed E-state index contributed by atoms with van der Waals surface area (Å²) in [6, 6.07) is 2.07. The maximum atomic E-state index is 10.9. The molecule has 2 unspecified atom stereocenters. The summed E-state index contributed by atoms with van der Waals surface area (Å²) < 4.78 is 1.96. The van der Waals surface area contributed by atoms with E-state index in [1.165, 1.54) is 0 Å². The molecule has 0 saturated heterocycles. The van der Waals surface area contributed by atoms with Gasteiger partial charge in [0.2, 0.25) is 5.91 Å². The monoisotopic (exact) mass is 209 g/mol. The third-order valence-electron chi connectivity index (χ3n) is 2.61. The lowest BCUT2D eigenvalue weighted by molar-refractivity contribution is -0.121. The van der Waals surface area contributed by atoms with Crippen LogP contribution in [0.25, 0.3) is 0 Å². The number of hydrogen-bond donors (Lipinski definition) is 2. The predicted molar refractivity (Wildman–Crippen MR) is 60.0 cm³/mol. The molecule has 0 fully saturated rings. The van der Waals surface area contributed by atoms with Gasteiger partial charge in [-0.3, -0.25) is 4.79 Å². The zero-order valence-corrected chi connectivity index (χ0v) is 9.31. The smallest absolute Gasteiger partial charge is 0.222 e. The summed E-state index contributed by atoms with van der Waals surface area (Å²) in [7, 11) is 0. The second kappa shape index (κ2) is 4.98. The first-order chi connectivity index (χ1) is 7.04. The number of amides is 1. The van der Waals surface area contributed by atoms with Gasteiger partial charge in [-0.2, -0.15) is 0 Å². The van der Waals surface area contributed by atoms with Crippen LogP contribution < -0.4 is 11.5 Å². The van der Waals surface area contributed by atoms with Gasteiger partial charge in [-0.15, -0.1) is 0 Å². The molecule has 4 N–H and O–H groups in total. The molecule has 0 bridgehead atoms. The first kappa shape index (κ1) is 11.8. The van der Waals surface area contributed by atoms with E-state index in [1.807, 2.05) is 36.9 Å². The van der Waals surface area contributed by atoms with Gasteiger partial charge in [0.15, 0.2) is 0 Å². The molecule has 0 saturated carbocycles. The van der Waals surface area contributed by atoms with E-state index in [0.29, 0.717) is 6.54 Å². The van der Waals surface area contributed by atoms with Gasteiger partial charge in [0.1, 0.15) is 0 Å². The molecule has 15 heavy (non-hydrogen) atoms. The number of nitrogens with zero attached hydrogens (tertiary/aromatic N) is 1. The highest BCUT2D eigenvalue weighted by atomic mass is 16.1. The molecule has 0 aliphatic carbocycles. The lowest BCUT2D eigenvalue weighted by atomic mass is 10.1. The van der Waals surface area contributed by atoms with E-state index in [2.05, 4.69) is 0 Å². The Bertz CT molecular complexity index is 332. The molecule has 1 rings (SSSR count). The highest BCUT2D eigenvalue weighted by molar-refractivity contribution is 5.76. The van der Waals surface area contributed by atoms with Crippen LogP contribution in [0.15, 0.2) is 18.5 Å². The van der Waals surface area contributed by atoms with Gasteiger partial charge in [0, 0.05) is 25.0 Å². The van der Waals surface area contributed by atoms with Crippen LogP contribution in [0.4, 0.5) is 0 Å². The highest BCUT2D eigenvalue weighted by Gasteiger charge is 2.10. The lowest BCUT2D eigenvalue weighted by Crippen LogP contribution is -2.24. The van der Waals surface area contributed by atoms with Crippen LogP contribution in [-0.4, -0.2) is 10.5 Å². The predicted octanol–water partition coefficient (Wildman–Crippen LogP) is 1.02. The third kappa shape index (κ3) is 3.09. The van der Waals surface area contributed by atoms with Gasteiger partial charge in [-0.1, -0.05) is 13.8 Å². The molecule has 0 radical (unpaired) electrons. The second-order valence-corrected chi connectivity index (χ2v) is 3.96. The number of hydrogen-bond acceptors (Lipinski definition) is 2. The summed E-state index contributed by atoms with van der Waals surface area (Å²) in [4.78, 5) is 10.9. The minimum atomic E-state index is -0.273. The quantitative estimate of drug-likeness (QED) is 0.759. The molecular formula is C11H19N3O. The standard InChI is InChI=1S/C11H19N3O/c1-3-10(12)9-4-5-14(7-9)6-8(2)11(13)15/h4-5,7-8,10H,3,6,12H2,1-2H3,(H2,13,15). The lowest BCUT2D eigenvalue weighted by Gasteiger charge is -2.08. The highest BCUT2D eigenvalue weighted by Crippen LogP contribution is 2.14. The fourth-order valence-electron chi connectivity index (χ4n) is 1.43. The van der Waals surface area contributed by atoms with Gasteiger partial charge < -0.3 is 16.0 Å². The van der Waals surface area contributed by atoms with Crippen LogP contribution in [0.1, 0.15) is 31.9 Å². The van der Waals surface area contributed by atoms with Crippen molar-refractivity contribution in [3.8, 4) is 0 Å². The van der Waals surface area contributed by atoms with Crippen LogP contribution in [-0.2, 0) is 11.3 Å². The number of carbonyl (C=O) groups is 1. The summed E-state index contributed by atoms with van der Waals surface area (Å²) >= 11 is 0. The van der Waals surface area contributed by atoms with Gasteiger partial charge in [0.05, 0.1) is 5.92 Å². The number of primary amides is 1. The van der Waals surface area contributed by atoms with E-state index in [9.17, 15) is 4.79 Å². The van der Waals surface area contributed by atoms with Crippen LogP contribution in [0.2, 0.25) is 0 Å². The van der Waals surface area contributed by atoms with E-state index < -0.39 is 0 Å². The summed E-state index contributed by atoms with van der Waals surface area (Å²) in [6.07, 6.45) is 4.83. The summed E-state index contributed by atoms with van der Waals surface area (Å²) in [5.41, 5.74) is 12.2. The summed E-state index contributed by atoms with van der Waals surface area (Å²) in [5, 5.41) is 0. The minimum Gasteiger partial charge on any atom is -0.369 e. The first-order valence-electron chi connectivity index (χ1n) is 5.25. The molecule has 0 aliphatic rings. The molecule has 1 amide bonds. The van der Waals surface area contributed by atoms with E-state index in [0.717, 1.165) is 12.0 Å². The number of nitrogens with two attached hydrogens (primary N) is 2. The molecular weight excluding hydrogens is 190 g/mol. The normalized spacial score (nSPS) is 14.9. The molecule has 1 aromatic heterocycles. The maximum Gasteiger partial charge on any atom is 0.222 e. The van der Waals surface area contributed by atoms with Crippen molar-refractivity contribution in [1.82, 2.24) is 4.57 Å². The van der Waals surface area contributed by atoms with Gasteiger partial charge in [0.25, 0.3) is 0 Å². The van der Waals surface area contributed by atoms with Crippen molar-refractivity contribution in [2.45, 2.75) is 32.9 Å². The number of rotatable bonds is 5. The Labute approximate surface area is 90.2 Å². The van der Waals surface area contributed by atoms with Gasteiger partial charge in [-0.25, -0.2) is 0 Å². The molecule has 1 aromatic rings. The van der Waals surface area contributed by atoms with Crippen molar-refractivity contribution in [3.05, 3.63) is 24.0 Å². The van der Waals surface area contributed by atoms with Crippen LogP contribution >= 0.6 is 0 Å². The average molecular weight is 209 g/mol. The van der Waals surface area contributed by atoms with Crippen LogP contribution in [0.5, 0.6) is 0 Å². The fourth-order valence-corrected chi connectivity index (χ4v) is 1.43. The van der Waals surface area contributed by atoms with E-state index in [1.54, 1.807) is 0 Å². The first-order valence-corrected chi connectivity index (χ1v) is 5.25. The molecule has 2 atom stereocenters. The Balaban J connectivity index is 2.64. The second-order valence-electron chi connectivity index (χ2n) is 3.96. The molecule has 0 spiro atoms. The molecule has 1 heterocycles. The van der Waals surface area contributed by atoms with Crippen molar-refractivity contribution < 1.29 is 4.79 Å². The maximum absolute atomic E-state index is 10.9. The number of carbonyl (C=O) groups excluding carboxylic acids is 1. The summed E-state index contributed by atoms with van der Waals surface area (Å²) in [6.45, 7) is 4.49.